The monoisotopic (exact) mass is 446 g/mol. The normalized spacial score (nSPS) is 21.3. The summed E-state index contributed by atoms with van der Waals surface area (Å²) in [5, 5.41) is 6.39. The van der Waals surface area contributed by atoms with Gasteiger partial charge in [-0.25, -0.2) is 15.0 Å². The van der Waals surface area contributed by atoms with Crippen molar-refractivity contribution in [3.63, 3.8) is 0 Å². The first-order chi connectivity index (χ1) is 17.2. The van der Waals surface area contributed by atoms with Gasteiger partial charge >= 0.3 is 0 Å². The first-order valence-corrected chi connectivity index (χ1v) is 11.1. The third-order valence-electron chi connectivity index (χ3n) is 6.36. The van der Waals surface area contributed by atoms with Gasteiger partial charge in [0.05, 0.1) is 12.2 Å². The molecule has 1 amide bonds. The number of aromatic nitrogens is 3. The van der Waals surface area contributed by atoms with Crippen LogP contribution in [0.2, 0.25) is 0 Å². The molecular weight excluding hydrogens is 418 g/mol. The number of hydrogen-bond acceptors (Lipinski definition) is 7. The molecule has 0 aliphatic heterocycles. The van der Waals surface area contributed by atoms with E-state index in [1.807, 2.05) is 25.1 Å². The lowest BCUT2D eigenvalue weighted by Gasteiger charge is -2.10. The molecule has 3 heterocycles. The molecule has 1 aromatic carbocycles. The number of ether oxygens (including phenoxy) is 1. The van der Waals surface area contributed by atoms with Gasteiger partial charge < -0.3 is 19.8 Å². The van der Waals surface area contributed by atoms with Crippen molar-refractivity contribution in [2.75, 3.05) is 24.2 Å². The van der Waals surface area contributed by atoms with E-state index in [2.05, 4.69) is 25.6 Å². The van der Waals surface area contributed by atoms with Crippen LogP contribution in [0.1, 0.15) is 30.3 Å². The standard InChI is InChI=1S/C25H25N5O3/c1-13-7-16(13)24(31)30-22-9-17-18(10-27-22)23(26-2)28-11-19(17)25-29-20-8-15(5-6-21(20)33-25)32-12-14-3-4-14/h5-6,8-11,13-14,16H,3-4,7,12H2,1-2H3,(H,26,28)(H,27,30,31)/t13-,16+/m1/s1/i2D3. The van der Waals surface area contributed by atoms with Crippen molar-refractivity contribution in [2.24, 2.45) is 17.8 Å². The van der Waals surface area contributed by atoms with Gasteiger partial charge in [0.15, 0.2) is 5.58 Å². The fourth-order valence-corrected chi connectivity index (χ4v) is 3.99. The molecule has 8 nitrogen and oxygen atoms in total. The minimum atomic E-state index is -2.44. The van der Waals surface area contributed by atoms with Crippen LogP contribution in [0.5, 0.6) is 5.75 Å². The van der Waals surface area contributed by atoms with Crippen molar-refractivity contribution in [1.82, 2.24) is 15.0 Å². The van der Waals surface area contributed by atoms with Crippen molar-refractivity contribution in [3.05, 3.63) is 36.7 Å². The first-order valence-electron chi connectivity index (χ1n) is 12.6. The highest BCUT2D eigenvalue weighted by molar-refractivity contribution is 6.03. The molecule has 2 N–H and O–H groups in total. The van der Waals surface area contributed by atoms with Gasteiger partial charge in [-0.3, -0.25) is 4.79 Å². The Morgan fingerprint density at radius 2 is 2.12 bits per heavy atom. The average Bonchev–Trinajstić information content (AvgIpc) is 3.74. The number of amides is 1. The Bertz CT molecular complexity index is 1480. The summed E-state index contributed by atoms with van der Waals surface area (Å²) in [6, 6.07) is 7.21. The largest absolute Gasteiger partial charge is 0.493 e. The number of fused-ring (bicyclic) bond motifs is 2. The van der Waals surface area contributed by atoms with E-state index in [0.29, 0.717) is 57.6 Å². The van der Waals surface area contributed by atoms with E-state index in [1.54, 1.807) is 6.07 Å². The number of carbonyl (C=O) groups excluding carboxylic acids is 1. The van der Waals surface area contributed by atoms with Crippen LogP contribution in [0.15, 0.2) is 41.1 Å². The number of nitrogens with zero attached hydrogens (tertiary/aromatic N) is 3. The molecule has 0 spiro atoms. The first kappa shape index (κ1) is 16.9. The third-order valence-corrected chi connectivity index (χ3v) is 6.36. The number of nitrogens with one attached hydrogen (secondary N) is 2. The average molecular weight is 447 g/mol. The van der Waals surface area contributed by atoms with Crippen molar-refractivity contribution in [2.45, 2.75) is 26.2 Å². The molecule has 0 radical (unpaired) electrons. The topological polar surface area (TPSA) is 102 Å². The molecule has 0 bridgehead atoms. The summed E-state index contributed by atoms with van der Waals surface area (Å²) in [5.41, 5.74) is 1.78. The summed E-state index contributed by atoms with van der Waals surface area (Å²) in [6.45, 7) is 0.291. The fourth-order valence-electron chi connectivity index (χ4n) is 3.99. The molecule has 33 heavy (non-hydrogen) atoms. The molecule has 4 aromatic rings. The number of anilines is 2. The van der Waals surface area contributed by atoms with Crippen molar-refractivity contribution >= 4 is 39.4 Å². The second-order valence-electron chi connectivity index (χ2n) is 8.97. The highest BCUT2D eigenvalue weighted by Gasteiger charge is 2.39. The van der Waals surface area contributed by atoms with Crippen LogP contribution < -0.4 is 15.4 Å². The Kier molecular flexibility index (Phi) is 3.95. The van der Waals surface area contributed by atoms with Crippen molar-refractivity contribution in [1.29, 1.82) is 0 Å². The number of hydrogen-bond donors (Lipinski definition) is 2. The molecule has 2 aliphatic carbocycles. The third kappa shape index (κ3) is 3.86. The minimum Gasteiger partial charge on any atom is -0.493 e. The summed E-state index contributed by atoms with van der Waals surface area (Å²) in [7, 11) is 0. The Morgan fingerprint density at radius 3 is 2.91 bits per heavy atom. The summed E-state index contributed by atoms with van der Waals surface area (Å²) >= 11 is 0. The highest BCUT2D eigenvalue weighted by Crippen LogP contribution is 2.39. The molecule has 168 valence electrons. The van der Waals surface area contributed by atoms with Gasteiger partial charge in [0.25, 0.3) is 0 Å². The van der Waals surface area contributed by atoms with E-state index in [-0.39, 0.29) is 17.6 Å². The van der Waals surface area contributed by atoms with Crippen LogP contribution in [-0.2, 0) is 4.79 Å². The highest BCUT2D eigenvalue weighted by atomic mass is 16.5. The van der Waals surface area contributed by atoms with Crippen LogP contribution in [0, 0.1) is 17.8 Å². The fraction of sp³-hybridized carbons (Fsp3) is 0.360. The molecule has 6 rings (SSSR count). The van der Waals surface area contributed by atoms with Crippen LogP contribution in [0.3, 0.4) is 0 Å². The Balaban J connectivity index is 1.39. The van der Waals surface area contributed by atoms with E-state index in [0.717, 1.165) is 12.2 Å². The Morgan fingerprint density at radius 1 is 1.24 bits per heavy atom. The predicted molar refractivity (Wildman–Crippen MR) is 126 cm³/mol. The van der Waals surface area contributed by atoms with Gasteiger partial charge in [-0.1, -0.05) is 6.92 Å². The van der Waals surface area contributed by atoms with E-state index >= 15 is 0 Å². The minimum absolute atomic E-state index is 0.0134. The van der Waals surface area contributed by atoms with Crippen LogP contribution >= 0.6 is 0 Å². The number of oxazole rings is 1. The zero-order chi connectivity index (χ0) is 25.0. The summed E-state index contributed by atoms with van der Waals surface area (Å²) in [5.74, 6) is 2.48. The summed E-state index contributed by atoms with van der Waals surface area (Å²) in [6.07, 6.45) is 6.29. The SMILES string of the molecule is [2H]C([2H])([2H])Nc1ncc(-c2nc3cc(OCC4CC4)ccc3o2)c2cc(NC(=O)[C@H]3C[C@H]3C)ncc12. The maximum absolute atomic E-state index is 12.5. The van der Waals surface area contributed by atoms with Crippen molar-refractivity contribution in [3.8, 4) is 17.2 Å². The van der Waals surface area contributed by atoms with Crippen LogP contribution in [0.4, 0.5) is 11.6 Å². The molecule has 0 saturated heterocycles. The number of rotatable bonds is 7. The second-order valence-corrected chi connectivity index (χ2v) is 8.97. The molecule has 2 aliphatic rings. The lowest BCUT2D eigenvalue weighted by molar-refractivity contribution is -0.117. The van der Waals surface area contributed by atoms with Crippen LogP contribution in [0.25, 0.3) is 33.3 Å². The van der Waals surface area contributed by atoms with Gasteiger partial charge in [0.1, 0.15) is 22.9 Å². The predicted octanol–water partition coefficient (Wildman–Crippen LogP) is 4.86. The maximum atomic E-state index is 12.5. The van der Waals surface area contributed by atoms with Crippen molar-refractivity contribution < 1.29 is 18.1 Å². The lowest BCUT2D eigenvalue weighted by atomic mass is 10.1. The quantitative estimate of drug-likeness (QED) is 0.418. The van der Waals surface area contributed by atoms with Gasteiger partial charge in [-0.2, -0.15) is 0 Å². The molecule has 3 aromatic heterocycles. The number of pyridine rings is 2. The molecule has 0 unspecified atom stereocenters. The summed E-state index contributed by atoms with van der Waals surface area (Å²) < 4.78 is 34.7. The van der Waals surface area contributed by atoms with Gasteiger partial charge in [0.2, 0.25) is 11.8 Å². The van der Waals surface area contributed by atoms with Gasteiger partial charge in [-0.15, -0.1) is 0 Å². The molecular formula is C25H25N5O3. The maximum Gasteiger partial charge on any atom is 0.229 e. The molecule has 2 fully saturated rings. The lowest BCUT2D eigenvalue weighted by Crippen LogP contribution is -2.15. The van der Waals surface area contributed by atoms with Crippen LogP contribution in [-0.4, -0.2) is 34.4 Å². The second kappa shape index (κ2) is 7.72. The van der Waals surface area contributed by atoms with E-state index in [9.17, 15) is 4.79 Å². The molecule has 8 heteroatoms. The Hall–Kier alpha value is -3.68. The molecule has 2 atom stereocenters. The molecule has 2 saturated carbocycles. The van der Waals surface area contributed by atoms with E-state index in [4.69, 9.17) is 13.3 Å². The zero-order valence-electron chi connectivity index (χ0n) is 21.1. The Labute approximate surface area is 195 Å². The smallest absolute Gasteiger partial charge is 0.229 e. The zero-order valence-corrected chi connectivity index (χ0v) is 18.1. The number of benzene rings is 1. The van der Waals surface area contributed by atoms with E-state index in [1.165, 1.54) is 25.2 Å². The van der Waals surface area contributed by atoms with Gasteiger partial charge in [-0.05, 0) is 49.3 Å². The van der Waals surface area contributed by atoms with Gasteiger partial charge in [0, 0.05) is 46.2 Å². The summed E-state index contributed by atoms with van der Waals surface area (Å²) in [4.78, 5) is 25.8. The number of carbonyl (C=O) groups is 1. The van der Waals surface area contributed by atoms with E-state index < -0.39 is 6.98 Å².